The molecule has 0 aliphatic carbocycles. The minimum Gasteiger partial charge on any atom is -0.375 e. The van der Waals surface area contributed by atoms with E-state index in [1.807, 2.05) is 41.8 Å². The van der Waals surface area contributed by atoms with Crippen LogP contribution in [0.5, 0.6) is 0 Å². The second-order valence-corrected chi connectivity index (χ2v) is 9.00. The van der Waals surface area contributed by atoms with Crippen molar-refractivity contribution in [1.29, 1.82) is 0 Å². The molecule has 1 aromatic heterocycles. The van der Waals surface area contributed by atoms with Crippen molar-refractivity contribution in [3.63, 3.8) is 0 Å². The number of anilines is 1. The summed E-state index contributed by atoms with van der Waals surface area (Å²) in [6, 6.07) is 6.77. The number of carbonyl (C=O) groups excluding carboxylic acids is 1. The third kappa shape index (κ3) is 4.84. The number of fused-ring (bicyclic) bond motifs is 1. The highest BCUT2D eigenvalue weighted by Crippen LogP contribution is 2.32. The zero-order valence-corrected chi connectivity index (χ0v) is 19.5. The Morgan fingerprint density at radius 2 is 1.72 bits per heavy atom. The first-order valence-electron chi connectivity index (χ1n) is 11.7. The number of piperazine rings is 1. The molecular weight excluding hydrogens is 407 g/mol. The summed E-state index contributed by atoms with van der Waals surface area (Å²) < 4.78 is 20.9. The van der Waals surface area contributed by atoms with Crippen LogP contribution in [-0.4, -0.2) is 73.2 Å². The molecule has 6 nitrogen and oxygen atoms in total. The summed E-state index contributed by atoms with van der Waals surface area (Å²) in [6.45, 7) is 8.55. The number of carbonyl (C=O) groups is 1. The maximum absolute atomic E-state index is 13.2. The smallest absolute Gasteiger partial charge is 0.256 e. The van der Waals surface area contributed by atoms with E-state index in [-0.39, 0.29) is 17.8 Å². The normalized spacial score (nSPS) is 19.9. The van der Waals surface area contributed by atoms with E-state index >= 15 is 0 Å². The summed E-state index contributed by atoms with van der Waals surface area (Å²) in [6.07, 6.45) is 4.91. The summed E-state index contributed by atoms with van der Waals surface area (Å²) in [5.41, 5.74) is 3.96. The van der Waals surface area contributed by atoms with Crippen LogP contribution in [0.1, 0.15) is 47.0 Å². The molecular formula is C25H35FN4O2. The molecule has 2 aliphatic rings. The summed E-state index contributed by atoms with van der Waals surface area (Å²) in [5.74, 6) is -0.0442. The number of hydrogen-bond acceptors (Lipinski definition) is 4. The number of aromatic nitrogens is 1. The number of rotatable bonds is 7. The molecule has 1 amide bonds. The molecule has 4 rings (SSSR count). The molecule has 7 heteroatoms. The van der Waals surface area contributed by atoms with E-state index < -0.39 is 0 Å². The van der Waals surface area contributed by atoms with Crippen molar-refractivity contribution < 1.29 is 13.9 Å². The molecule has 1 atom stereocenters. The minimum absolute atomic E-state index is 0.0324. The van der Waals surface area contributed by atoms with E-state index in [2.05, 4.69) is 9.80 Å². The van der Waals surface area contributed by atoms with Crippen LogP contribution in [0.15, 0.2) is 30.5 Å². The monoisotopic (exact) mass is 442 g/mol. The van der Waals surface area contributed by atoms with E-state index in [1.54, 1.807) is 7.11 Å². The van der Waals surface area contributed by atoms with Gasteiger partial charge in [0.1, 0.15) is 5.82 Å². The molecule has 1 aromatic carbocycles. The Morgan fingerprint density at radius 1 is 1.03 bits per heavy atom. The van der Waals surface area contributed by atoms with Crippen LogP contribution in [0, 0.1) is 12.7 Å². The zero-order valence-electron chi connectivity index (χ0n) is 19.5. The number of halogens is 1. The lowest BCUT2D eigenvalue weighted by atomic mass is 10.1. The maximum Gasteiger partial charge on any atom is 0.256 e. The van der Waals surface area contributed by atoms with Crippen LogP contribution in [0.4, 0.5) is 10.1 Å². The highest BCUT2D eigenvalue weighted by atomic mass is 19.1. The molecule has 1 unspecified atom stereocenters. The van der Waals surface area contributed by atoms with Gasteiger partial charge in [-0.05, 0) is 62.6 Å². The van der Waals surface area contributed by atoms with Gasteiger partial charge in [0.25, 0.3) is 5.91 Å². The lowest BCUT2D eigenvalue weighted by Crippen LogP contribution is -2.46. The number of benzene rings is 1. The number of unbranched alkanes of at least 4 members (excludes halogenated alkanes) is 1. The Morgan fingerprint density at radius 3 is 2.41 bits per heavy atom. The van der Waals surface area contributed by atoms with Gasteiger partial charge in [0.15, 0.2) is 0 Å². The van der Waals surface area contributed by atoms with Gasteiger partial charge in [0.2, 0.25) is 0 Å². The van der Waals surface area contributed by atoms with Gasteiger partial charge in [-0.2, -0.15) is 0 Å². The predicted molar refractivity (Wildman–Crippen MR) is 125 cm³/mol. The minimum atomic E-state index is -0.188. The molecule has 0 bridgehead atoms. The van der Waals surface area contributed by atoms with Crippen molar-refractivity contribution >= 4 is 11.6 Å². The molecule has 0 spiro atoms. The highest BCUT2D eigenvalue weighted by molar-refractivity contribution is 5.97. The predicted octanol–water partition coefficient (Wildman–Crippen LogP) is 3.61. The second kappa shape index (κ2) is 10.0. The van der Waals surface area contributed by atoms with E-state index in [9.17, 15) is 9.18 Å². The van der Waals surface area contributed by atoms with Crippen LogP contribution in [0.2, 0.25) is 0 Å². The van der Waals surface area contributed by atoms with E-state index in [4.69, 9.17) is 4.74 Å². The molecule has 3 heterocycles. The molecule has 1 fully saturated rings. The van der Waals surface area contributed by atoms with Crippen molar-refractivity contribution in [2.24, 2.45) is 7.05 Å². The van der Waals surface area contributed by atoms with Crippen LogP contribution in [-0.2, 0) is 11.8 Å². The first-order valence-corrected chi connectivity index (χ1v) is 11.7. The number of aryl methyl sites for hydroxylation is 2. The highest BCUT2D eigenvalue weighted by Gasteiger charge is 2.32. The van der Waals surface area contributed by atoms with E-state index in [0.29, 0.717) is 0 Å². The Kier molecular flexibility index (Phi) is 7.16. The third-order valence-electron chi connectivity index (χ3n) is 6.89. The van der Waals surface area contributed by atoms with Crippen LogP contribution >= 0.6 is 0 Å². The molecule has 32 heavy (non-hydrogen) atoms. The second-order valence-electron chi connectivity index (χ2n) is 9.00. The quantitative estimate of drug-likeness (QED) is 0.615. The van der Waals surface area contributed by atoms with Crippen molar-refractivity contribution in [2.75, 3.05) is 57.8 Å². The van der Waals surface area contributed by atoms with Crippen LogP contribution in [0.3, 0.4) is 0 Å². The van der Waals surface area contributed by atoms with Gasteiger partial charge < -0.3 is 19.1 Å². The van der Waals surface area contributed by atoms with Gasteiger partial charge in [-0.15, -0.1) is 0 Å². The summed E-state index contributed by atoms with van der Waals surface area (Å²) in [5, 5.41) is 0. The molecule has 0 saturated carbocycles. The Bertz CT molecular complexity index is 919. The number of methoxy groups -OCH3 is 1. The molecule has 0 N–H and O–H groups in total. The van der Waals surface area contributed by atoms with Gasteiger partial charge in [0, 0.05) is 65.3 Å². The lowest BCUT2D eigenvalue weighted by Gasteiger charge is -2.36. The fourth-order valence-electron chi connectivity index (χ4n) is 5.10. The van der Waals surface area contributed by atoms with Crippen molar-refractivity contribution in [2.45, 2.75) is 32.3 Å². The van der Waals surface area contributed by atoms with E-state index in [0.717, 1.165) is 87.6 Å². The van der Waals surface area contributed by atoms with Gasteiger partial charge >= 0.3 is 0 Å². The average Bonchev–Trinajstić information content (AvgIpc) is 3.00. The summed E-state index contributed by atoms with van der Waals surface area (Å²) in [7, 11) is 3.73. The van der Waals surface area contributed by atoms with E-state index in [1.165, 1.54) is 12.1 Å². The van der Waals surface area contributed by atoms with Gasteiger partial charge in [0.05, 0.1) is 17.4 Å². The van der Waals surface area contributed by atoms with Crippen molar-refractivity contribution in [1.82, 2.24) is 14.4 Å². The standard InChI is InChI=1S/C25H35FN4O2/c1-19-18-27(2)24-22(32-3)10-13-30(25(31)23(19)24)12-5-4-11-28-14-16-29(17-15-28)21-8-6-20(26)7-9-21/h6-9,18,22H,4-5,10-17H2,1-3H3. The Balaban J connectivity index is 1.24. The summed E-state index contributed by atoms with van der Waals surface area (Å²) in [4.78, 5) is 20.1. The molecule has 0 radical (unpaired) electrons. The molecule has 2 aliphatic heterocycles. The largest absolute Gasteiger partial charge is 0.375 e. The fourth-order valence-corrected chi connectivity index (χ4v) is 5.10. The molecule has 1 saturated heterocycles. The average molecular weight is 443 g/mol. The maximum atomic E-state index is 13.2. The third-order valence-corrected chi connectivity index (χ3v) is 6.89. The van der Waals surface area contributed by atoms with Gasteiger partial charge in [-0.3, -0.25) is 9.69 Å². The zero-order chi connectivity index (χ0) is 22.7. The lowest BCUT2D eigenvalue weighted by molar-refractivity contribution is 0.0692. The number of ether oxygens (including phenoxy) is 1. The molecule has 2 aromatic rings. The SMILES string of the molecule is COC1CCN(CCCCN2CCN(c3ccc(F)cc3)CC2)C(=O)c2c(C)cn(C)c21. The topological polar surface area (TPSA) is 41.0 Å². The Labute approximate surface area is 190 Å². The number of amides is 1. The fraction of sp³-hybridized carbons (Fsp3) is 0.560. The van der Waals surface area contributed by atoms with Crippen LogP contribution in [0.25, 0.3) is 0 Å². The first kappa shape index (κ1) is 22.8. The number of hydrogen-bond donors (Lipinski definition) is 0. The summed E-state index contributed by atoms with van der Waals surface area (Å²) >= 11 is 0. The van der Waals surface area contributed by atoms with Gasteiger partial charge in [-0.1, -0.05) is 0 Å². The molecule has 174 valence electrons. The van der Waals surface area contributed by atoms with Crippen molar-refractivity contribution in [3.05, 3.63) is 53.1 Å². The van der Waals surface area contributed by atoms with Crippen LogP contribution < -0.4 is 4.90 Å². The van der Waals surface area contributed by atoms with Crippen molar-refractivity contribution in [3.8, 4) is 0 Å². The number of nitrogens with zero attached hydrogens (tertiary/aromatic N) is 4. The Hall–Kier alpha value is -2.38. The van der Waals surface area contributed by atoms with Gasteiger partial charge in [-0.25, -0.2) is 4.39 Å². The first-order chi connectivity index (χ1) is 15.5.